The molecule has 2 aromatic carbocycles. The van der Waals surface area contributed by atoms with Crippen LogP contribution in [0, 0.1) is 0 Å². The van der Waals surface area contributed by atoms with E-state index in [1.54, 1.807) is 18.2 Å². The van der Waals surface area contributed by atoms with Gasteiger partial charge in [-0.15, -0.1) is 0 Å². The molecular formula is C14H12O4. The summed E-state index contributed by atoms with van der Waals surface area (Å²) < 4.78 is 0. The Bertz CT molecular complexity index is 616. The lowest BCUT2D eigenvalue weighted by Crippen LogP contribution is -1.98. The standard InChI is InChI=1S/C14H12O4/c15-13(16)6-2-9-1-3-11-8-12(14(17)18)5-4-10(11)7-9/h1,3-5,7-8H,2,6H2,(H,15,16)(H,17,18). The summed E-state index contributed by atoms with van der Waals surface area (Å²) in [6.45, 7) is 0. The van der Waals surface area contributed by atoms with Crippen LogP contribution in [0.15, 0.2) is 36.4 Å². The summed E-state index contributed by atoms with van der Waals surface area (Å²) in [5, 5.41) is 19.3. The minimum Gasteiger partial charge on any atom is -0.481 e. The number of aliphatic carboxylic acids is 1. The minimum atomic E-state index is -0.952. The molecule has 2 aromatic rings. The fourth-order valence-corrected chi connectivity index (χ4v) is 1.84. The van der Waals surface area contributed by atoms with Crippen LogP contribution in [0.4, 0.5) is 0 Å². The first-order chi connectivity index (χ1) is 8.56. The average Bonchev–Trinajstić information content (AvgIpc) is 2.35. The zero-order valence-corrected chi connectivity index (χ0v) is 9.59. The molecule has 0 fully saturated rings. The van der Waals surface area contributed by atoms with Crippen LogP contribution >= 0.6 is 0 Å². The van der Waals surface area contributed by atoms with E-state index in [2.05, 4.69) is 0 Å². The van der Waals surface area contributed by atoms with Gasteiger partial charge in [0.25, 0.3) is 0 Å². The lowest BCUT2D eigenvalue weighted by Gasteiger charge is -2.03. The molecule has 2 rings (SSSR count). The van der Waals surface area contributed by atoms with E-state index in [-0.39, 0.29) is 12.0 Å². The number of benzene rings is 2. The summed E-state index contributed by atoms with van der Waals surface area (Å²) in [4.78, 5) is 21.3. The van der Waals surface area contributed by atoms with E-state index in [1.807, 2.05) is 18.2 Å². The summed E-state index contributed by atoms with van der Waals surface area (Å²) in [5.41, 5.74) is 1.19. The highest BCUT2D eigenvalue weighted by Crippen LogP contribution is 2.19. The van der Waals surface area contributed by atoms with Crippen molar-refractivity contribution in [2.24, 2.45) is 0 Å². The molecule has 4 nitrogen and oxygen atoms in total. The molecule has 0 heterocycles. The number of aryl methyl sites for hydroxylation is 1. The second-order valence-electron chi connectivity index (χ2n) is 4.10. The molecule has 4 heteroatoms. The molecular weight excluding hydrogens is 232 g/mol. The van der Waals surface area contributed by atoms with E-state index in [0.717, 1.165) is 16.3 Å². The molecule has 2 N–H and O–H groups in total. The van der Waals surface area contributed by atoms with E-state index >= 15 is 0 Å². The smallest absolute Gasteiger partial charge is 0.335 e. The third-order valence-electron chi connectivity index (χ3n) is 2.78. The van der Waals surface area contributed by atoms with Crippen molar-refractivity contribution in [3.05, 3.63) is 47.5 Å². The first kappa shape index (κ1) is 12.1. The fraction of sp³-hybridized carbons (Fsp3) is 0.143. The molecule has 0 aliphatic rings. The lowest BCUT2D eigenvalue weighted by molar-refractivity contribution is -0.136. The molecule has 18 heavy (non-hydrogen) atoms. The third kappa shape index (κ3) is 2.66. The Labute approximate surface area is 103 Å². The predicted molar refractivity (Wildman–Crippen MR) is 66.9 cm³/mol. The van der Waals surface area contributed by atoms with Crippen molar-refractivity contribution >= 4 is 22.7 Å². The van der Waals surface area contributed by atoms with Gasteiger partial charge in [-0.25, -0.2) is 4.79 Å². The van der Waals surface area contributed by atoms with Crippen LogP contribution in [0.3, 0.4) is 0 Å². The summed E-state index contributed by atoms with van der Waals surface area (Å²) >= 11 is 0. The molecule has 0 saturated heterocycles. The second kappa shape index (κ2) is 4.87. The Kier molecular flexibility index (Phi) is 3.28. The van der Waals surface area contributed by atoms with Crippen molar-refractivity contribution < 1.29 is 19.8 Å². The molecule has 0 atom stereocenters. The predicted octanol–water partition coefficient (Wildman–Crippen LogP) is 2.56. The molecule has 0 aromatic heterocycles. The molecule has 92 valence electrons. The van der Waals surface area contributed by atoms with Gasteiger partial charge in [0.15, 0.2) is 0 Å². The number of rotatable bonds is 4. The minimum absolute atomic E-state index is 0.0959. The molecule has 0 amide bonds. The van der Waals surface area contributed by atoms with Gasteiger partial charge >= 0.3 is 11.9 Å². The van der Waals surface area contributed by atoms with E-state index < -0.39 is 11.9 Å². The van der Waals surface area contributed by atoms with E-state index in [9.17, 15) is 9.59 Å². The largest absolute Gasteiger partial charge is 0.481 e. The van der Waals surface area contributed by atoms with Gasteiger partial charge in [0, 0.05) is 6.42 Å². The van der Waals surface area contributed by atoms with E-state index in [4.69, 9.17) is 10.2 Å². The molecule has 0 unspecified atom stereocenters. The first-order valence-corrected chi connectivity index (χ1v) is 5.54. The summed E-state index contributed by atoms with van der Waals surface area (Å²) in [6, 6.07) is 10.4. The van der Waals surface area contributed by atoms with Gasteiger partial charge in [-0.2, -0.15) is 0 Å². The van der Waals surface area contributed by atoms with E-state index in [1.165, 1.54) is 0 Å². The molecule has 0 radical (unpaired) electrons. The Hall–Kier alpha value is -2.36. The lowest BCUT2D eigenvalue weighted by atomic mass is 10.0. The highest BCUT2D eigenvalue weighted by Gasteiger charge is 2.05. The molecule has 0 bridgehead atoms. The van der Waals surface area contributed by atoms with Crippen LogP contribution in [-0.2, 0) is 11.2 Å². The van der Waals surface area contributed by atoms with Gasteiger partial charge in [-0.3, -0.25) is 4.79 Å². The van der Waals surface area contributed by atoms with Crippen molar-refractivity contribution in [2.75, 3.05) is 0 Å². The van der Waals surface area contributed by atoms with Crippen molar-refractivity contribution in [3.63, 3.8) is 0 Å². The normalized spacial score (nSPS) is 10.4. The Morgan fingerprint density at radius 2 is 1.61 bits per heavy atom. The van der Waals surface area contributed by atoms with Crippen LogP contribution in [-0.4, -0.2) is 22.2 Å². The second-order valence-corrected chi connectivity index (χ2v) is 4.10. The number of carboxylic acids is 2. The SMILES string of the molecule is O=C(O)CCc1ccc2cc(C(=O)O)ccc2c1. The number of fused-ring (bicyclic) bond motifs is 1. The van der Waals surface area contributed by atoms with Gasteiger partial charge in [0.1, 0.15) is 0 Å². The van der Waals surface area contributed by atoms with Crippen LogP contribution in [0.2, 0.25) is 0 Å². The van der Waals surface area contributed by atoms with E-state index in [0.29, 0.717) is 6.42 Å². The van der Waals surface area contributed by atoms with Crippen LogP contribution in [0.5, 0.6) is 0 Å². The highest BCUT2D eigenvalue weighted by molar-refractivity contribution is 5.94. The van der Waals surface area contributed by atoms with Crippen molar-refractivity contribution in [2.45, 2.75) is 12.8 Å². The monoisotopic (exact) mass is 244 g/mol. The van der Waals surface area contributed by atoms with Gasteiger partial charge < -0.3 is 10.2 Å². The molecule has 0 aliphatic carbocycles. The van der Waals surface area contributed by atoms with Crippen LogP contribution in [0.1, 0.15) is 22.3 Å². The highest BCUT2D eigenvalue weighted by atomic mass is 16.4. The number of aromatic carboxylic acids is 1. The fourth-order valence-electron chi connectivity index (χ4n) is 1.84. The Morgan fingerprint density at radius 1 is 0.944 bits per heavy atom. The van der Waals surface area contributed by atoms with Gasteiger partial charge in [0.2, 0.25) is 0 Å². The summed E-state index contributed by atoms with van der Waals surface area (Å²) in [7, 11) is 0. The number of carbonyl (C=O) groups is 2. The van der Waals surface area contributed by atoms with Gasteiger partial charge in [-0.1, -0.05) is 24.3 Å². The van der Waals surface area contributed by atoms with Gasteiger partial charge in [0.05, 0.1) is 5.56 Å². The summed E-state index contributed by atoms with van der Waals surface area (Å²) in [5.74, 6) is -1.77. The van der Waals surface area contributed by atoms with Crippen LogP contribution < -0.4 is 0 Å². The molecule has 0 spiro atoms. The molecule has 0 saturated carbocycles. The number of hydrogen-bond acceptors (Lipinski definition) is 2. The van der Waals surface area contributed by atoms with Crippen molar-refractivity contribution in [1.82, 2.24) is 0 Å². The number of hydrogen-bond donors (Lipinski definition) is 2. The Balaban J connectivity index is 2.32. The van der Waals surface area contributed by atoms with Gasteiger partial charge in [-0.05, 0) is 34.9 Å². The topological polar surface area (TPSA) is 74.6 Å². The maximum Gasteiger partial charge on any atom is 0.335 e. The van der Waals surface area contributed by atoms with Crippen LogP contribution in [0.25, 0.3) is 10.8 Å². The number of carboxylic acid groups (broad SMARTS) is 2. The maximum atomic E-state index is 10.8. The Morgan fingerprint density at radius 3 is 2.28 bits per heavy atom. The third-order valence-corrected chi connectivity index (χ3v) is 2.78. The molecule has 0 aliphatic heterocycles. The summed E-state index contributed by atoms with van der Waals surface area (Å²) in [6.07, 6.45) is 0.574. The zero-order chi connectivity index (χ0) is 13.1. The average molecular weight is 244 g/mol. The first-order valence-electron chi connectivity index (χ1n) is 5.54. The van der Waals surface area contributed by atoms with Crippen molar-refractivity contribution in [3.8, 4) is 0 Å². The quantitative estimate of drug-likeness (QED) is 0.866. The van der Waals surface area contributed by atoms with Crippen molar-refractivity contribution in [1.29, 1.82) is 0 Å². The zero-order valence-electron chi connectivity index (χ0n) is 9.59. The maximum absolute atomic E-state index is 10.8.